The van der Waals surface area contributed by atoms with Gasteiger partial charge in [-0.25, -0.2) is 9.97 Å². The lowest BCUT2D eigenvalue weighted by Gasteiger charge is -2.19. The summed E-state index contributed by atoms with van der Waals surface area (Å²) in [5, 5.41) is 3.45. The van der Waals surface area contributed by atoms with Crippen molar-refractivity contribution in [3.05, 3.63) is 53.1 Å². The van der Waals surface area contributed by atoms with Crippen LogP contribution >= 0.6 is 0 Å². The van der Waals surface area contributed by atoms with Gasteiger partial charge in [0, 0.05) is 17.4 Å². The van der Waals surface area contributed by atoms with Gasteiger partial charge in [0.05, 0.1) is 6.54 Å². The van der Waals surface area contributed by atoms with Crippen molar-refractivity contribution in [1.82, 2.24) is 15.3 Å². The van der Waals surface area contributed by atoms with Crippen LogP contribution in [0.4, 0.5) is 0 Å². The monoisotopic (exact) mass is 311 g/mol. The normalized spacial score (nSPS) is 15.0. The average molecular weight is 311 g/mol. The lowest BCUT2D eigenvalue weighted by Crippen LogP contribution is -2.32. The van der Waals surface area contributed by atoms with Gasteiger partial charge in [-0.15, -0.1) is 0 Å². The Labute approximate surface area is 138 Å². The maximum Gasteiger partial charge on any atom is 0.142 e. The quantitative estimate of drug-likeness (QED) is 0.890. The Morgan fingerprint density at radius 1 is 1.13 bits per heavy atom. The Kier molecular flexibility index (Phi) is 5.23. The van der Waals surface area contributed by atoms with Gasteiger partial charge in [-0.1, -0.05) is 18.2 Å². The summed E-state index contributed by atoms with van der Waals surface area (Å²) >= 11 is 0. The van der Waals surface area contributed by atoms with E-state index >= 15 is 0 Å². The van der Waals surface area contributed by atoms with Crippen molar-refractivity contribution in [2.45, 2.75) is 52.1 Å². The van der Waals surface area contributed by atoms with Crippen LogP contribution in [0.3, 0.4) is 0 Å². The Morgan fingerprint density at radius 3 is 2.74 bits per heavy atom. The van der Waals surface area contributed by atoms with E-state index in [0.29, 0.717) is 13.2 Å². The van der Waals surface area contributed by atoms with Crippen molar-refractivity contribution >= 4 is 0 Å². The van der Waals surface area contributed by atoms with E-state index < -0.39 is 0 Å². The minimum atomic E-state index is 0.246. The summed E-state index contributed by atoms with van der Waals surface area (Å²) in [5.41, 5.74) is 3.79. The van der Waals surface area contributed by atoms with Gasteiger partial charge in [-0.2, -0.15) is 0 Å². The van der Waals surface area contributed by atoms with E-state index in [1.807, 2.05) is 30.3 Å². The highest BCUT2D eigenvalue weighted by molar-refractivity contribution is 5.27. The molecule has 0 bridgehead atoms. The number of hydrogen-bond acceptors (Lipinski definition) is 4. The summed E-state index contributed by atoms with van der Waals surface area (Å²) in [7, 11) is 0. The number of aryl methyl sites for hydroxylation is 2. The molecule has 122 valence electrons. The predicted octanol–water partition coefficient (Wildman–Crippen LogP) is 3.22. The summed E-state index contributed by atoms with van der Waals surface area (Å²) in [6.45, 7) is 5.55. The first-order chi connectivity index (χ1) is 11.2. The van der Waals surface area contributed by atoms with Crippen LogP contribution in [0.2, 0.25) is 0 Å². The third-order valence-corrected chi connectivity index (χ3v) is 4.29. The maximum atomic E-state index is 5.77. The number of nitrogens with one attached hydrogen (secondary N) is 1. The number of ether oxygens (including phenoxy) is 1. The molecule has 1 heterocycles. The third kappa shape index (κ3) is 4.29. The van der Waals surface area contributed by atoms with Gasteiger partial charge in [-0.05, 0) is 57.2 Å². The van der Waals surface area contributed by atoms with Crippen molar-refractivity contribution in [3.8, 4) is 5.75 Å². The molecule has 1 N–H and O–H groups in total. The fourth-order valence-corrected chi connectivity index (χ4v) is 2.99. The van der Waals surface area contributed by atoms with E-state index in [-0.39, 0.29) is 6.04 Å². The van der Waals surface area contributed by atoms with Crippen LogP contribution in [0.15, 0.2) is 30.3 Å². The van der Waals surface area contributed by atoms with Gasteiger partial charge in [0.2, 0.25) is 0 Å². The zero-order valence-corrected chi connectivity index (χ0v) is 14.0. The molecule has 0 saturated heterocycles. The second kappa shape index (κ2) is 7.55. The second-order valence-corrected chi connectivity index (χ2v) is 6.26. The number of nitrogens with zero attached hydrogens (tertiary/aromatic N) is 2. The Hall–Kier alpha value is -1.94. The third-order valence-electron chi connectivity index (χ3n) is 4.29. The molecular formula is C19H25N3O. The molecule has 0 spiro atoms. The van der Waals surface area contributed by atoms with Crippen LogP contribution in [0.25, 0.3) is 0 Å². The van der Waals surface area contributed by atoms with Gasteiger partial charge >= 0.3 is 0 Å². The van der Waals surface area contributed by atoms with Gasteiger partial charge in [0.25, 0.3) is 0 Å². The van der Waals surface area contributed by atoms with Crippen LogP contribution in [0.5, 0.6) is 5.75 Å². The zero-order valence-electron chi connectivity index (χ0n) is 14.0. The standard InChI is InChI=1S/C19H25N3O/c1-14(13-23-16-8-4-3-5-9-16)20-12-19-21-15(2)17-10-6-7-11-18(17)22-19/h3-5,8-9,14,20H,6-7,10-13H2,1-2H3. The topological polar surface area (TPSA) is 47.0 Å². The average Bonchev–Trinajstić information content (AvgIpc) is 2.59. The van der Waals surface area contributed by atoms with E-state index in [1.54, 1.807) is 0 Å². The second-order valence-electron chi connectivity index (χ2n) is 6.26. The highest BCUT2D eigenvalue weighted by atomic mass is 16.5. The summed E-state index contributed by atoms with van der Waals surface area (Å²) in [5.74, 6) is 1.80. The highest BCUT2D eigenvalue weighted by Gasteiger charge is 2.15. The van der Waals surface area contributed by atoms with Crippen molar-refractivity contribution in [1.29, 1.82) is 0 Å². The molecule has 1 aliphatic carbocycles. The first-order valence-corrected chi connectivity index (χ1v) is 8.49. The minimum absolute atomic E-state index is 0.246. The fraction of sp³-hybridized carbons (Fsp3) is 0.474. The molecule has 3 rings (SSSR count). The van der Waals surface area contributed by atoms with Crippen LogP contribution < -0.4 is 10.1 Å². The molecule has 2 aromatic rings. The largest absolute Gasteiger partial charge is 0.492 e. The Morgan fingerprint density at radius 2 is 1.91 bits per heavy atom. The Bertz CT molecular complexity index is 643. The molecule has 1 atom stereocenters. The molecule has 0 aliphatic heterocycles. The van der Waals surface area contributed by atoms with Crippen LogP contribution in [0.1, 0.15) is 42.5 Å². The lowest BCUT2D eigenvalue weighted by atomic mass is 9.95. The van der Waals surface area contributed by atoms with Crippen molar-refractivity contribution in [3.63, 3.8) is 0 Å². The first kappa shape index (κ1) is 15.9. The molecule has 23 heavy (non-hydrogen) atoms. The van der Waals surface area contributed by atoms with E-state index in [4.69, 9.17) is 9.72 Å². The Balaban J connectivity index is 1.52. The number of fused-ring (bicyclic) bond motifs is 1. The fourth-order valence-electron chi connectivity index (χ4n) is 2.99. The molecule has 0 radical (unpaired) electrons. The molecule has 0 fully saturated rings. The number of aromatic nitrogens is 2. The summed E-state index contributed by atoms with van der Waals surface area (Å²) in [6, 6.07) is 10.2. The van der Waals surface area contributed by atoms with Gasteiger partial charge < -0.3 is 10.1 Å². The molecule has 4 heteroatoms. The summed E-state index contributed by atoms with van der Waals surface area (Å²) in [6.07, 6.45) is 4.74. The van der Waals surface area contributed by atoms with Crippen LogP contribution in [-0.4, -0.2) is 22.6 Å². The van der Waals surface area contributed by atoms with Gasteiger partial charge in [-0.3, -0.25) is 0 Å². The number of hydrogen-bond donors (Lipinski definition) is 1. The molecule has 1 unspecified atom stereocenters. The molecule has 1 aromatic carbocycles. The maximum absolute atomic E-state index is 5.77. The molecule has 0 saturated carbocycles. The molecule has 0 amide bonds. The van der Waals surface area contributed by atoms with Crippen molar-refractivity contribution in [2.24, 2.45) is 0 Å². The van der Waals surface area contributed by atoms with E-state index in [0.717, 1.165) is 30.1 Å². The van der Waals surface area contributed by atoms with Crippen molar-refractivity contribution < 1.29 is 4.74 Å². The van der Waals surface area contributed by atoms with E-state index in [2.05, 4.69) is 24.1 Å². The smallest absolute Gasteiger partial charge is 0.142 e. The lowest BCUT2D eigenvalue weighted by molar-refractivity contribution is 0.271. The predicted molar refractivity (Wildman–Crippen MR) is 91.6 cm³/mol. The zero-order chi connectivity index (χ0) is 16.1. The molecule has 1 aromatic heterocycles. The molecule has 4 nitrogen and oxygen atoms in total. The number of para-hydroxylation sites is 1. The van der Waals surface area contributed by atoms with Crippen LogP contribution in [-0.2, 0) is 19.4 Å². The van der Waals surface area contributed by atoms with Crippen molar-refractivity contribution in [2.75, 3.05) is 6.61 Å². The number of rotatable bonds is 6. The SMILES string of the molecule is Cc1nc(CNC(C)COc2ccccc2)nc2c1CCCC2. The highest BCUT2D eigenvalue weighted by Crippen LogP contribution is 2.21. The minimum Gasteiger partial charge on any atom is -0.492 e. The van der Waals surface area contributed by atoms with Gasteiger partial charge in [0.15, 0.2) is 0 Å². The van der Waals surface area contributed by atoms with E-state index in [1.165, 1.54) is 24.1 Å². The summed E-state index contributed by atoms with van der Waals surface area (Å²) in [4.78, 5) is 9.41. The van der Waals surface area contributed by atoms with Gasteiger partial charge in [0.1, 0.15) is 18.2 Å². The summed E-state index contributed by atoms with van der Waals surface area (Å²) < 4.78 is 5.77. The molecular weight excluding hydrogens is 286 g/mol. The first-order valence-electron chi connectivity index (χ1n) is 8.49. The number of benzene rings is 1. The molecule has 1 aliphatic rings. The van der Waals surface area contributed by atoms with Crippen LogP contribution in [0, 0.1) is 6.92 Å². The van der Waals surface area contributed by atoms with E-state index in [9.17, 15) is 0 Å².